The van der Waals surface area contributed by atoms with Gasteiger partial charge >= 0.3 is 43.8 Å². The standard InChI is InChI=1S/C2HO6P.Na/c3-1(4)2(5)8-9(6)7;/h(H,3,4);/q;+1/p-1. The number of rotatable bonds is 1. The number of hydrogen-bond donors (Lipinski definition) is 0. The van der Waals surface area contributed by atoms with Crippen molar-refractivity contribution in [1.29, 1.82) is 0 Å². The number of carboxylic acids is 1. The van der Waals surface area contributed by atoms with Crippen molar-refractivity contribution in [2.75, 3.05) is 0 Å². The van der Waals surface area contributed by atoms with Crippen LogP contribution in [0.5, 0.6) is 0 Å². The van der Waals surface area contributed by atoms with Gasteiger partial charge in [0.25, 0.3) is 0 Å². The molecular formula is C2NaO6P. The van der Waals surface area contributed by atoms with Crippen LogP contribution in [0.3, 0.4) is 0 Å². The summed E-state index contributed by atoms with van der Waals surface area (Å²) in [6.07, 6.45) is 0. The van der Waals surface area contributed by atoms with E-state index >= 15 is 0 Å². The fourth-order valence-electron chi connectivity index (χ4n) is 0.105. The Morgan fingerprint density at radius 2 is 1.80 bits per heavy atom. The molecule has 8 heteroatoms. The van der Waals surface area contributed by atoms with Gasteiger partial charge in [-0.15, -0.1) is 0 Å². The molecular weight excluding hydrogens is 174 g/mol. The average Bonchev–Trinajstić information content (AvgIpc) is 1.63. The minimum atomic E-state index is -3.44. The second kappa shape index (κ2) is 5.76. The first-order valence-corrected chi connectivity index (χ1v) is 2.71. The molecule has 0 rings (SSSR count). The number of carboxylic acid groups (broad SMARTS) is 1. The van der Waals surface area contributed by atoms with Crippen LogP contribution < -0.4 is 39.6 Å². The molecule has 10 heavy (non-hydrogen) atoms. The van der Waals surface area contributed by atoms with E-state index in [1.807, 2.05) is 0 Å². The molecule has 0 fully saturated rings. The molecule has 0 amide bonds. The third kappa shape index (κ3) is 6.12. The maximum atomic E-state index is 9.69. The molecule has 0 saturated carbocycles. The van der Waals surface area contributed by atoms with Gasteiger partial charge in [0, 0.05) is 0 Å². The van der Waals surface area contributed by atoms with E-state index in [1.54, 1.807) is 0 Å². The average molecular weight is 174 g/mol. The number of aliphatic carboxylic acids is 1. The van der Waals surface area contributed by atoms with E-state index in [2.05, 4.69) is 4.52 Å². The summed E-state index contributed by atoms with van der Waals surface area (Å²) in [7, 11) is -3.44. The number of carbonyl (C=O) groups excluding carboxylic acids is 2. The van der Waals surface area contributed by atoms with Gasteiger partial charge in [0.15, 0.2) is 5.97 Å². The van der Waals surface area contributed by atoms with Crippen molar-refractivity contribution in [2.45, 2.75) is 0 Å². The molecule has 1 unspecified atom stereocenters. The Kier molecular flexibility index (Phi) is 7.29. The minimum absolute atomic E-state index is 0. The first-order chi connectivity index (χ1) is 4.04. The van der Waals surface area contributed by atoms with Crippen LogP contribution in [0.4, 0.5) is 0 Å². The van der Waals surface area contributed by atoms with Crippen molar-refractivity contribution in [3.8, 4) is 0 Å². The molecule has 0 spiro atoms. The summed E-state index contributed by atoms with van der Waals surface area (Å²) < 4.78 is 12.6. The molecule has 0 bridgehead atoms. The van der Waals surface area contributed by atoms with Gasteiger partial charge in [-0.05, 0) is 4.57 Å². The topological polar surface area (TPSA) is 107 Å². The van der Waals surface area contributed by atoms with Crippen molar-refractivity contribution < 1.29 is 58.2 Å². The Morgan fingerprint density at radius 3 is 1.90 bits per heavy atom. The maximum absolute atomic E-state index is 9.69. The van der Waals surface area contributed by atoms with Gasteiger partial charge in [0.1, 0.15) is 0 Å². The van der Waals surface area contributed by atoms with Gasteiger partial charge < -0.3 is 14.8 Å². The van der Waals surface area contributed by atoms with Crippen LogP contribution in [0, 0.1) is 0 Å². The largest absolute Gasteiger partial charge is 1.00 e. The predicted octanol–water partition coefficient (Wildman–Crippen LogP) is -5.70. The van der Waals surface area contributed by atoms with Crippen LogP contribution in [0.15, 0.2) is 0 Å². The molecule has 6 nitrogen and oxygen atoms in total. The van der Waals surface area contributed by atoms with E-state index in [0.717, 1.165) is 0 Å². The summed E-state index contributed by atoms with van der Waals surface area (Å²) >= 11 is 0. The van der Waals surface area contributed by atoms with E-state index in [1.165, 1.54) is 0 Å². The molecule has 0 aromatic carbocycles. The summed E-state index contributed by atoms with van der Waals surface area (Å²) in [6.45, 7) is 0. The zero-order valence-electron chi connectivity index (χ0n) is 4.90. The Balaban J connectivity index is 0. The summed E-state index contributed by atoms with van der Waals surface area (Å²) in [6, 6.07) is 0. The molecule has 0 aliphatic heterocycles. The molecule has 0 saturated heterocycles. The zero-order chi connectivity index (χ0) is 7.44. The van der Waals surface area contributed by atoms with E-state index in [0.29, 0.717) is 0 Å². The Labute approximate surface area is 78.4 Å². The van der Waals surface area contributed by atoms with Gasteiger partial charge in [-0.3, -0.25) is 0 Å². The zero-order valence-corrected chi connectivity index (χ0v) is 7.79. The van der Waals surface area contributed by atoms with Crippen LogP contribution in [-0.2, 0) is 18.7 Å². The van der Waals surface area contributed by atoms with Crippen LogP contribution in [0.1, 0.15) is 0 Å². The second-order valence-corrected chi connectivity index (χ2v) is 1.52. The van der Waals surface area contributed by atoms with E-state index in [9.17, 15) is 24.2 Å². The fraction of sp³-hybridized carbons (Fsp3) is 0. The maximum Gasteiger partial charge on any atom is 1.00 e. The number of carbonyl (C=O) groups is 2. The van der Waals surface area contributed by atoms with E-state index in [-0.39, 0.29) is 29.6 Å². The van der Waals surface area contributed by atoms with Crippen molar-refractivity contribution in [1.82, 2.24) is 0 Å². The van der Waals surface area contributed by atoms with Crippen LogP contribution >= 0.6 is 8.25 Å². The molecule has 0 N–H and O–H groups in total. The van der Waals surface area contributed by atoms with Gasteiger partial charge in [-0.1, -0.05) is 0 Å². The Morgan fingerprint density at radius 1 is 1.40 bits per heavy atom. The third-order valence-corrected chi connectivity index (χ3v) is 0.639. The fourth-order valence-corrected chi connectivity index (χ4v) is 0.315. The number of hydrogen-bond acceptors (Lipinski definition) is 6. The summed E-state index contributed by atoms with van der Waals surface area (Å²) in [4.78, 5) is 28.5. The van der Waals surface area contributed by atoms with Gasteiger partial charge in [-0.25, -0.2) is 9.32 Å². The summed E-state index contributed by atoms with van der Waals surface area (Å²) in [5.74, 6) is -4.10. The van der Waals surface area contributed by atoms with Crippen LogP contribution in [0.25, 0.3) is 0 Å². The van der Waals surface area contributed by atoms with Crippen molar-refractivity contribution in [3.05, 3.63) is 0 Å². The smallest absolute Gasteiger partial charge is 0.558 e. The minimum Gasteiger partial charge on any atom is -0.558 e. The Hall–Kier alpha value is 0. The van der Waals surface area contributed by atoms with E-state index < -0.39 is 20.2 Å². The van der Waals surface area contributed by atoms with Crippen LogP contribution in [0.2, 0.25) is 0 Å². The molecule has 0 aromatic rings. The second-order valence-electron chi connectivity index (χ2n) is 0.890. The van der Waals surface area contributed by atoms with Gasteiger partial charge in [0.05, 0.1) is 0 Å². The third-order valence-electron chi connectivity index (χ3n) is 0.324. The SMILES string of the molecule is O=C([O-])C(=O)O[P+](=O)[O-].[Na+]. The van der Waals surface area contributed by atoms with Gasteiger partial charge in [-0.2, -0.15) is 0 Å². The summed E-state index contributed by atoms with van der Waals surface area (Å²) in [5.41, 5.74) is 0. The predicted molar refractivity (Wildman–Crippen MR) is 18.7 cm³/mol. The molecule has 50 valence electrons. The van der Waals surface area contributed by atoms with Crippen molar-refractivity contribution in [3.63, 3.8) is 0 Å². The van der Waals surface area contributed by atoms with Crippen molar-refractivity contribution >= 4 is 20.2 Å². The molecule has 1 atom stereocenters. The molecule has 0 radical (unpaired) electrons. The normalized spacial score (nSPS) is 9.10. The monoisotopic (exact) mass is 174 g/mol. The molecule has 0 aliphatic carbocycles. The quantitative estimate of drug-likeness (QED) is 0.222. The first-order valence-electron chi connectivity index (χ1n) is 1.61. The van der Waals surface area contributed by atoms with Gasteiger partial charge in [0.2, 0.25) is 0 Å². The summed E-state index contributed by atoms with van der Waals surface area (Å²) in [5, 5.41) is 9.38. The first kappa shape index (κ1) is 12.7. The molecule has 0 heterocycles. The van der Waals surface area contributed by atoms with Crippen molar-refractivity contribution in [2.24, 2.45) is 0 Å². The van der Waals surface area contributed by atoms with Crippen LogP contribution in [-0.4, -0.2) is 11.9 Å². The molecule has 0 aromatic heterocycles. The molecule has 0 aliphatic rings. The Bertz CT molecular complexity index is 165. The van der Waals surface area contributed by atoms with E-state index in [4.69, 9.17) is 0 Å².